The maximum atomic E-state index is 4.25. The van der Waals surface area contributed by atoms with Crippen LogP contribution in [0.25, 0.3) is 0 Å². The summed E-state index contributed by atoms with van der Waals surface area (Å²) in [6, 6.07) is 0. The Bertz CT molecular complexity index is 261. The first-order chi connectivity index (χ1) is 7.33. The number of thioether (sulfide) groups is 1. The maximum Gasteiger partial charge on any atom is 0.187 e. The summed E-state index contributed by atoms with van der Waals surface area (Å²) in [5.74, 6) is 1.11. The quantitative estimate of drug-likeness (QED) is 0.439. The van der Waals surface area contributed by atoms with Crippen LogP contribution in [0, 0.1) is 6.92 Å². The molecule has 1 aromatic rings. The monoisotopic (exact) mass is 225 g/mol. The van der Waals surface area contributed by atoms with E-state index in [0.29, 0.717) is 0 Å². The van der Waals surface area contributed by atoms with Crippen molar-refractivity contribution in [2.75, 3.05) is 18.8 Å². The van der Waals surface area contributed by atoms with Crippen molar-refractivity contribution in [1.29, 1.82) is 0 Å². The Morgan fingerprint density at radius 1 is 1.27 bits per heavy atom. The molecule has 3 nitrogen and oxygen atoms in total. The number of hydrogen-bond acceptors (Lipinski definition) is 4. The lowest BCUT2D eigenvalue weighted by Gasteiger charge is -2.01. The van der Waals surface area contributed by atoms with Crippen molar-refractivity contribution in [3.8, 4) is 0 Å². The Morgan fingerprint density at radius 3 is 2.67 bits per heavy atom. The first-order valence-electron chi connectivity index (χ1n) is 5.45. The van der Waals surface area contributed by atoms with Crippen molar-refractivity contribution in [3.63, 3.8) is 0 Å². The van der Waals surface area contributed by atoms with Crippen molar-refractivity contribution in [2.45, 2.75) is 31.8 Å². The van der Waals surface area contributed by atoms with Crippen LogP contribution in [0.15, 0.2) is 17.6 Å². The zero-order valence-electron chi connectivity index (χ0n) is 9.49. The maximum absolute atomic E-state index is 4.25. The molecule has 0 aromatic carbocycles. The molecular weight excluding hydrogens is 206 g/mol. The highest BCUT2D eigenvalue weighted by atomic mass is 32.2. The number of hydrogen-bond donors (Lipinski definition) is 1. The van der Waals surface area contributed by atoms with Crippen molar-refractivity contribution in [1.82, 2.24) is 15.3 Å². The minimum Gasteiger partial charge on any atom is -0.317 e. The lowest BCUT2D eigenvalue weighted by Crippen LogP contribution is -2.13. The molecule has 0 amide bonds. The van der Waals surface area contributed by atoms with Gasteiger partial charge in [-0.1, -0.05) is 18.7 Å². The summed E-state index contributed by atoms with van der Waals surface area (Å²) >= 11 is 1.74. The van der Waals surface area contributed by atoms with Gasteiger partial charge in [-0.2, -0.15) is 0 Å². The minimum atomic E-state index is 0.893. The van der Waals surface area contributed by atoms with E-state index in [1.807, 2.05) is 19.3 Å². The molecule has 84 valence electrons. The third-order valence-electron chi connectivity index (χ3n) is 1.99. The third kappa shape index (κ3) is 5.74. The number of unbranched alkanes of at least 4 members (excludes halogenated alkanes) is 1. The van der Waals surface area contributed by atoms with Crippen LogP contribution in [-0.4, -0.2) is 28.8 Å². The molecule has 0 aliphatic heterocycles. The topological polar surface area (TPSA) is 37.8 Å². The lowest BCUT2D eigenvalue weighted by atomic mass is 10.3. The summed E-state index contributed by atoms with van der Waals surface area (Å²) in [7, 11) is 0. The molecule has 0 spiro atoms. The highest BCUT2D eigenvalue weighted by molar-refractivity contribution is 7.99. The normalized spacial score (nSPS) is 10.5. The molecule has 0 bridgehead atoms. The van der Waals surface area contributed by atoms with Crippen molar-refractivity contribution in [2.24, 2.45) is 0 Å². The van der Waals surface area contributed by atoms with E-state index < -0.39 is 0 Å². The molecule has 0 saturated heterocycles. The van der Waals surface area contributed by atoms with E-state index in [4.69, 9.17) is 0 Å². The fraction of sp³-hybridized carbons (Fsp3) is 0.636. The van der Waals surface area contributed by atoms with Crippen LogP contribution in [-0.2, 0) is 0 Å². The smallest absolute Gasteiger partial charge is 0.187 e. The molecule has 15 heavy (non-hydrogen) atoms. The van der Waals surface area contributed by atoms with Crippen molar-refractivity contribution in [3.05, 3.63) is 18.0 Å². The van der Waals surface area contributed by atoms with Crippen LogP contribution in [0.2, 0.25) is 0 Å². The average Bonchev–Trinajstić information content (AvgIpc) is 2.26. The van der Waals surface area contributed by atoms with Crippen molar-refractivity contribution < 1.29 is 0 Å². The summed E-state index contributed by atoms with van der Waals surface area (Å²) in [4.78, 5) is 8.50. The van der Waals surface area contributed by atoms with Gasteiger partial charge in [0.1, 0.15) is 0 Å². The van der Waals surface area contributed by atoms with Crippen LogP contribution in [0.4, 0.5) is 0 Å². The Balaban J connectivity index is 2.07. The second-order valence-corrected chi connectivity index (χ2v) is 4.51. The fourth-order valence-corrected chi connectivity index (χ4v) is 1.93. The van der Waals surface area contributed by atoms with Crippen LogP contribution < -0.4 is 5.32 Å². The van der Waals surface area contributed by atoms with Gasteiger partial charge in [0.25, 0.3) is 0 Å². The molecule has 1 aromatic heterocycles. The zero-order chi connectivity index (χ0) is 10.9. The number of nitrogens with zero attached hydrogens (tertiary/aromatic N) is 2. The molecule has 0 radical (unpaired) electrons. The first kappa shape index (κ1) is 12.5. The lowest BCUT2D eigenvalue weighted by molar-refractivity contribution is 0.665. The second kappa shape index (κ2) is 7.65. The van der Waals surface area contributed by atoms with E-state index in [0.717, 1.165) is 29.6 Å². The first-order valence-corrected chi connectivity index (χ1v) is 6.43. The van der Waals surface area contributed by atoms with E-state index in [1.165, 1.54) is 12.8 Å². The number of aromatic nitrogens is 2. The predicted octanol–water partition coefficient (Wildman–Crippen LogP) is 2.27. The van der Waals surface area contributed by atoms with Crippen LogP contribution in [0.1, 0.15) is 25.3 Å². The molecule has 0 unspecified atom stereocenters. The van der Waals surface area contributed by atoms with E-state index in [2.05, 4.69) is 22.2 Å². The predicted molar refractivity (Wildman–Crippen MR) is 65.3 cm³/mol. The number of nitrogens with one attached hydrogen (secondary N) is 1. The highest BCUT2D eigenvalue weighted by Gasteiger charge is 1.96. The van der Waals surface area contributed by atoms with Gasteiger partial charge >= 0.3 is 0 Å². The van der Waals surface area contributed by atoms with Crippen LogP contribution in [0.5, 0.6) is 0 Å². The Morgan fingerprint density at radius 2 is 2.00 bits per heavy atom. The zero-order valence-corrected chi connectivity index (χ0v) is 10.3. The van der Waals surface area contributed by atoms with Crippen LogP contribution in [0.3, 0.4) is 0 Å². The number of rotatable bonds is 7. The molecule has 1 N–H and O–H groups in total. The molecule has 0 fully saturated rings. The molecule has 1 heterocycles. The van der Waals surface area contributed by atoms with E-state index in [9.17, 15) is 0 Å². The molecule has 1 rings (SSSR count). The fourth-order valence-electron chi connectivity index (χ4n) is 1.15. The summed E-state index contributed by atoms with van der Waals surface area (Å²) in [5.41, 5.74) is 1.12. The average molecular weight is 225 g/mol. The SMILES string of the molecule is CCNCCCCSc1ncc(C)cn1. The second-order valence-electron chi connectivity index (χ2n) is 3.45. The Hall–Kier alpha value is -0.610. The van der Waals surface area contributed by atoms with Gasteiger partial charge in [-0.05, 0) is 38.4 Å². The van der Waals surface area contributed by atoms with Crippen LogP contribution >= 0.6 is 11.8 Å². The molecule has 0 atom stereocenters. The van der Waals surface area contributed by atoms with Gasteiger partial charge in [0.15, 0.2) is 5.16 Å². The molecule has 0 aliphatic rings. The van der Waals surface area contributed by atoms with Gasteiger partial charge in [0.2, 0.25) is 0 Å². The van der Waals surface area contributed by atoms with Gasteiger partial charge in [0, 0.05) is 18.1 Å². The Labute approximate surface area is 96.1 Å². The Kier molecular flexibility index (Phi) is 6.36. The highest BCUT2D eigenvalue weighted by Crippen LogP contribution is 2.13. The van der Waals surface area contributed by atoms with Gasteiger partial charge in [-0.3, -0.25) is 0 Å². The molecule has 0 saturated carbocycles. The standard InChI is InChI=1S/C11H19N3S/c1-3-12-6-4-5-7-15-11-13-8-10(2)9-14-11/h8-9,12H,3-7H2,1-2H3. The van der Waals surface area contributed by atoms with Gasteiger partial charge in [-0.25, -0.2) is 9.97 Å². The summed E-state index contributed by atoms with van der Waals surface area (Å²) in [6.45, 7) is 6.32. The van der Waals surface area contributed by atoms with E-state index >= 15 is 0 Å². The summed E-state index contributed by atoms with van der Waals surface area (Å²) < 4.78 is 0. The summed E-state index contributed by atoms with van der Waals surface area (Å²) in [5, 5.41) is 4.21. The van der Waals surface area contributed by atoms with Gasteiger partial charge < -0.3 is 5.32 Å². The van der Waals surface area contributed by atoms with Gasteiger partial charge in [-0.15, -0.1) is 0 Å². The van der Waals surface area contributed by atoms with Gasteiger partial charge in [0.05, 0.1) is 0 Å². The van der Waals surface area contributed by atoms with Crippen molar-refractivity contribution >= 4 is 11.8 Å². The summed E-state index contributed by atoms with van der Waals surface area (Å²) in [6.07, 6.45) is 6.18. The van der Waals surface area contributed by atoms with E-state index in [1.54, 1.807) is 11.8 Å². The minimum absolute atomic E-state index is 0.893. The molecular formula is C11H19N3S. The largest absolute Gasteiger partial charge is 0.317 e. The van der Waals surface area contributed by atoms with E-state index in [-0.39, 0.29) is 0 Å². The molecule has 0 aliphatic carbocycles. The molecule has 4 heteroatoms. The third-order valence-corrected chi connectivity index (χ3v) is 2.95. The number of aryl methyl sites for hydroxylation is 1.